The molecule has 13 nitrogen and oxygen atoms in total. The second-order valence-electron chi connectivity index (χ2n) is 15.3. The standard InChI is InChI=1S/C34H45ClF3N5O8S/c1-19-9-6-7-10-21-17-33(21,29(46)42-52(48,49)32(5)12-13-32)41-26(44)24-16-22(50-27-23(35)11-8-14-39-27)18-43(24)28(45)25(20(2)15-19)40-30(47)51-31(3,4)34(36,37)38/h7-8,10-11,14,19-22,24-25H,6,9,12-13,15-18H2,1-5H3,(H,40,47)(H,41,44)(H,42,46)/b10-7-/t19-,20-,21?,22-,24+,25+,33-/m1/s1. The van der Waals surface area contributed by atoms with Crippen LogP contribution >= 0.6 is 11.6 Å². The van der Waals surface area contributed by atoms with Crippen LogP contribution in [0.4, 0.5) is 18.0 Å². The highest BCUT2D eigenvalue weighted by Gasteiger charge is 2.63. The second kappa shape index (κ2) is 14.3. The first kappa shape index (κ1) is 39.6. The van der Waals surface area contributed by atoms with Crippen LogP contribution in [0.1, 0.15) is 79.6 Å². The van der Waals surface area contributed by atoms with Crippen molar-refractivity contribution in [2.75, 3.05) is 6.54 Å². The van der Waals surface area contributed by atoms with Gasteiger partial charge in [-0.05, 0) is 83.3 Å². The number of nitrogens with one attached hydrogen (secondary N) is 3. The third kappa shape index (κ3) is 8.29. The summed E-state index contributed by atoms with van der Waals surface area (Å²) >= 11 is 6.26. The maximum absolute atomic E-state index is 14.5. The highest BCUT2D eigenvalue weighted by molar-refractivity contribution is 7.91. The van der Waals surface area contributed by atoms with Crippen molar-refractivity contribution in [2.45, 2.75) is 120 Å². The first-order valence-corrected chi connectivity index (χ1v) is 19.1. The third-order valence-corrected chi connectivity index (χ3v) is 13.0. The molecule has 3 N–H and O–H groups in total. The average molecular weight is 776 g/mol. The number of rotatable bonds is 7. The number of amides is 4. The summed E-state index contributed by atoms with van der Waals surface area (Å²) in [5.41, 5.74) is -4.51. The molecule has 0 radical (unpaired) electrons. The van der Waals surface area contributed by atoms with E-state index in [4.69, 9.17) is 21.1 Å². The molecule has 18 heteroatoms. The quantitative estimate of drug-likeness (QED) is 0.340. The molecular weight excluding hydrogens is 731 g/mol. The number of fused-ring (bicyclic) bond motifs is 2. The van der Waals surface area contributed by atoms with E-state index in [9.17, 15) is 40.8 Å². The van der Waals surface area contributed by atoms with E-state index in [2.05, 4.69) is 20.3 Å². The van der Waals surface area contributed by atoms with Gasteiger partial charge in [0.05, 0.1) is 11.3 Å². The zero-order valence-electron chi connectivity index (χ0n) is 29.6. The summed E-state index contributed by atoms with van der Waals surface area (Å²) in [5.74, 6) is -3.64. The van der Waals surface area contributed by atoms with Gasteiger partial charge in [0.25, 0.3) is 5.91 Å². The summed E-state index contributed by atoms with van der Waals surface area (Å²) in [7, 11) is -4.06. The third-order valence-electron chi connectivity index (χ3n) is 10.6. The molecule has 0 aromatic carbocycles. The summed E-state index contributed by atoms with van der Waals surface area (Å²) in [4.78, 5) is 60.7. The zero-order chi connectivity index (χ0) is 38.4. The van der Waals surface area contributed by atoms with Crippen LogP contribution in [0.15, 0.2) is 30.5 Å². The van der Waals surface area contributed by atoms with Gasteiger partial charge in [0.1, 0.15) is 28.7 Å². The highest BCUT2D eigenvalue weighted by atomic mass is 35.5. The summed E-state index contributed by atoms with van der Waals surface area (Å²) in [6.07, 6.45) is 0.0859. The van der Waals surface area contributed by atoms with Gasteiger partial charge in [0.2, 0.25) is 33.3 Å². The lowest BCUT2D eigenvalue weighted by atomic mass is 9.88. The molecule has 5 rings (SSSR count). The van der Waals surface area contributed by atoms with Crippen molar-refractivity contribution in [3.63, 3.8) is 0 Å². The fraction of sp³-hybridized carbons (Fsp3) is 0.676. The maximum atomic E-state index is 14.5. The smallest absolute Gasteiger partial charge is 0.427 e. The minimum absolute atomic E-state index is 0.0293. The number of aromatic nitrogens is 1. The van der Waals surface area contributed by atoms with Crippen LogP contribution in [-0.2, 0) is 29.1 Å². The van der Waals surface area contributed by atoms with Crippen LogP contribution in [0.2, 0.25) is 5.02 Å². The van der Waals surface area contributed by atoms with Gasteiger partial charge in [-0.1, -0.05) is 37.6 Å². The fourth-order valence-electron chi connectivity index (χ4n) is 6.66. The minimum Gasteiger partial charge on any atom is -0.471 e. The molecule has 7 atom stereocenters. The number of hydrogen-bond donors (Lipinski definition) is 3. The molecular formula is C34H45ClF3N5O8S. The Morgan fingerprint density at radius 1 is 1.15 bits per heavy atom. The second-order valence-corrected chi connectivity index (χ2v) is 17.9. The molecule has 4 amide bonds. The lowest BCUT2D eigenvalue weighted by Gasteiger charge is -2.34. The van der Waals surface area contributed by atoms with E-state index in [-0.39, 0.29) is 36.2 Å². The van der Waals surface area contributed by atoms with Crippen molar-refractivity contribution in [2.24, 2.45) is 17.8 Å². The van der Waals surface area contributed by atoms with E-state index in [0.717, 1.165) is 4.90 Å². The number of nitrogens with zero attached hydrogens (tertiary/aromatic N) is 2. The van der Waals surface area contributed by atoms with Crippen LogP contribution in [0.3, 0.4) is 0 Å². The molecule has 3 fully saturated rings. The lowest BCUT2D eigenvalue weighted by molar-refractivity contribution is -0.244. The highest BCUT2D eigenvalue weighted by Crippen LogP contribution is 2.47. The van der Waals surface area contributed by atoms with E-state index in [1.165, 1.54) is 19.2 Å². The van der Waals surface area contributed by atoms with Crippen LogP contribution in [0.25, 0.3) is 0 Å². The zero-order valence-corrected chi connectivity index (χ0v) is 31.2. The van der Waals surface area contributed by atoms with Gasteiger partial charge in [0.15, 0.2) is 0 Å². The first-order valence-electron chi connectivity index (χ1n) is 17.3. The molecule has 0 bridgehead atoms. The Morgan fingerprint density at radius 3 is 2.48 bits per heavy atom. The number of ether oxygens (including phenoxy) is 2. The molecule has 1 saturated heterocycles. The molecule has 3 heterocycles. The molecule has 1 aromatic heterocycles. The number of allylic oxidation sites excluding steroid dienone is 1. The maximum Gasteiger partial charge on any atom is 0.427 e. The van der Waals surface area contributed by atoms with Crippen molar-refractivity contribution >= 4 is 45.4 Å². The number of carbonyl (C=O) groups excluding carboxylic acids is 4. The normalized spacial score (nSPS) is 31.4. The molecule has 2 aliphatic heterocycles. The van der Waals surface area contributed by atoms with E-state index in [1.807, 2.05) is 13.0 Å². The van der Waals surface area contributed by atoms with Gasteiger partial charge in [-0.2, -0.15) is 13.2 Å². The summed E-state index contributed by atoms with van der Waals surface area (Å²) in [6.45, 7) is 6.28. The minimum atomic E-state index is -4.90. The number of pyridine rings is 1. The largest absolute Gasteiger partial charge is 0.471 e. The molecule has 52 heavy (non-hydrogen) atoms. The van der Waals surface area contributed by atoms with Gasteiger partial charge in [-0.3, -0.25) is 19.1 Å². The van der Waals surface area contributed by atoms with Gasteiger partial charge in [-0.25, -0.2) is 18.2 Å². The Hall–Kier alpha value is -3.60. The van der Waals surface area contributed by atoms with Crippen molar-refractivity contribution in [1.29, 1.82) is 0 Å². The fourth-order valence-corrected chi connectivity index (χ4v) is 8.14. The summed E-state index contributed by atoms with van der Waals surface area (Å²) in [6, 6.07) is 0.375. The Kier molecular flexibility index (Phi) is 10.9. The van der Waals surface area contributed by atoms with Crippen molar-refractivity contribution in [3.8, 4) is 5.88 Å². The number of sulfonamides is 1. The predicted octanol–water partition coefficient (Wildman–Crippen LogP) is 4.40. The van der Waals surface area contributed by atoms with E-state index in [0.29, 0.717) is 46.0 Å². The number of halogens is 4. The van der Waals surface area contributed by atoms with Gasteiger partial charge >= 0.3 is 12.3 Å². The topological polar surface area (TPSA) is 173 Å². The number of alkyl halides is 3. The van der Waals surface area contributed by atoms with Crippen LogP contribution in [-0.4, -0.2) is 88.9 Å². The van der Waals surface area contributed by atoms with E-state index < -0.39 is 85.9 Å². The number of carbonyl (C=O) groups is 4. The molecule has 1 unspecified atom stereocenters. The Balaban J connectivity index is 1.49. The molecule has 288 valence electrons. The van der Waals surface area contributed by atoms with Gasteiger partial charge in [0, 0.05) is 18.5 Å². The number of hydrogen-bond acceptors (Lipinski definition) is 9. The Morgan fingerprint density at radius 2 is 1.85 bits per heavy atom. The summed E-state index contributed by atoms with van der Waals surface area (Å²) < 4.78 is 78.8. The van der Waals surface area contributed by atoms with E-state index >= 15 is 0 Å². The molecule has 4 aliphatic rings. The van der Waals surface area contributed by atoms with Crippen molar-refractivity contribution in [3.05, 3.63) is 35.5 Å². The van der Waals surface area contributed by atoms with Gasteiger partial charge < -0.3 is 25.0 Å². The molecule has 2 aliphatic carbocycles. The lowest BCUT2D eigenvalue weighted by Crippen LogP contribution is -2.59. The first-order chi connectivity index (χ1) is 24.1. The van der Waals surface area contributed by atoms with Crippen LogP contribution in [0.5, 0.6) is 5.88 Å². The van der Waals surface area contributed by atoms with Crippen molar-refractivity contribution in [1.82, 2.24) is 25.2 Å². The number of alkyl carbamates (subject to hydrolysis) is 1. The Labute approximate surface area is 305 Å². The van der Waals surface area contributed by atoms with Crippen LogP contribution < -0.4 is 20.1 Å². The predicted molar refractivity (Wildman–Crippen MR) is 182 cm³/mol. The molecule has 1 aromatic rings. The molecule has 0 spiro atoms. The average Bonchev–Trinajstić information content (AvgIpc) is 3.91. The van der Waals surface area contributed by atoms with Gasteiger partial charge in [-0.15, -0.1) is 0 Å². The molecule has 2 saturated carbocycles. The Bertz CT molecular complexity index is 1720. The van der Waals surface area contributed by atoms with Crippen LogP contribution in [0, 0.1) is 17.8 Å². The van der Waals surface area contributed by atoms with Crippen molar-refractivity contribution < 1.29 is 50.2 Å². The summed E-state index contributed by atoms with van der Waals surface area (Å²) in [5, 5.41) is 5.25. The monoisotopic (exact) mass is 775 g/mol. The van der Waals surface area contributed by atoms with E-state index in [1.54, 1.807) is 19.1 Å². The SMILES string of the molecule is C[C@@H]1CC/C=C\C2C[C@@]2(C(=O)NS(=O)(=O)C2(C)CC2)NC(=O)[C@@H]2C[C@@H](Oc3ncccc3Cl)CN2C(=O)[C@@H](NC(=O)OC(C)(C)C(F)(F)F)[C@H](C)C1.